The van der Waals surface area contributed by atoms with E-state index in [-0.39, 0.29) is 24.3 Å². The van der Waals surface area contributed by atoms with E-state index in [1.54, 1.807) is 37.4 Å². The number of rotatable bonds is 7. The molecule has 0 bridgehead atoms. The van der Waals surface area contributed by atoms with Gasteiger partial charge in [0, 0.05) is 6.07 Å². The Bertz CT molecular complexity index is 1060. The summed E-state index contributed by atoms with van der Waals surface area (Å²) in [5.74, 6) is 0.968. The Morgan fingerprint density at radius 1 is 1.10 bits per heavy atom. The van der Waals surface area contributed by atoms with E-state index in [4.69, 9.17) is 18.7 Å². The molecular weight excluding hydrogens is 403 g/mol. The van der Waals surface area contributed by atoms with Gasteiger partial charge in [-0.3, -0.25) is 4.79 Å². The van der Waals surface area contributed by atoms with Crippen LogP contribution in [0.15, 0.2) is 47.0 Å². The lowest BCUT2D eigenvalue weighted by Crippen LogP contribution is -2.34. The third kappa shape index (κ3) is 4.10. The van der Waals surface area contributed by atoms with Gasteiger partial charge < -0.3 is 18.7 Å². The second-order valence-corrected chi connectivity index (χ2v) is 7.45. The highest BCUT2D eigenvalue weighted by Crippen LogP contribution is 2.42. The number of halogens is 1. The van der Waals surface area contributed by atoms with Crippen LogP contribution < -0.4 is 9.47 Å². The second-order valence-electron chi connectivity index (χ2n) is 7.45. The van der Waals surface area contributed by atoms with Crippen molar-refractivity contribution in [3.8, 4) is 22.9 Å². The monoisotopic (exact) mass is 426 g/mol. The van der Waals surface area contributed by atoms with Gasteiger partial charge in [0.05, 0.1) is 25.2 Å². The molecule has 1 saturated carbocycles. The molecule has 1 aromatic heterocycles. The van der Waals surface area contributed by atoms with Gasteiger partial charge in [-0.15, -0.1) is 0 Å². The topological polar surface area (TPSA) is 83.7 Å². The third-order valence-corrected chi connectivity index (χ3v) is 5.69. The van der Waals surface area contributed by atoms with Gasteiger partial charge in [-0.25, -0.2) is 4.39 Å². The largest absolute Gasteiger partial charge is 0.497 e. The summed E-state index contributed by atoms with van der Waals surface area (Å²) in [4.78, 5) is 17.4. The van der Waals surface area contributed by atoms with Crippen LogP contribution in [0.1, 0.15) is 37.1 Å². The fraction of sp³-hybridized carbons (Fsp3) is 0.348. The molecule has 2 aromatic carbocycles. The van der Waals surface area contributed by atoms with Crippen LogP contribution in [0, 0.1) is 5.82 Å². The summed E-state index contributed by atoms with van der Waals surface area (Å²) in [5, 5.41) is 3.97. The maximum absolute atomic E-state index is 13.3. The second kappa shape index (κ2) is 8.75. The standard InChI is InChI=1S/C23H23FN2O5/c1-28-17-9-10-18(19(13-17)29-2)21-25-20(31-26-21)14-30-22(27)23(11-3-4-12-23)15-5-7-16(24)8-6-15/h5-10,13H,3-4,11-12,14H2,1-2H3. The predicted octanol–water partition coefficient (Wildman–Crippen LogP) is 4.45. The zero-order valence-electron chi connectivity index (χ0n) is 17.4. The quantitative estimate of drug-likeness (QED) is 0.516. The summed E-state index contributed by atoms with van der Waals surface area (Å²) in [6.45, 7) is -0.146. The van der Waals surface area contributed by atoms with Gasteiger partial charge in [-0.2, -0.15) is 4.98 Å². The molecule has 0 aliphatic heterocycles. The van der Waals surface area contributed by atoms with Crippen molar-refractivity contribution in [3.63, 3.8) is 0 Å². The van der Waals surface area contributed by atoms with Crippen molar-refractivity contribution in [2.75, 3.05) is 14.2 Å². The molecule has 162 valence electrons. The van der Waals surface area contributed by atoms with Gasteiger partial charge in [0.1, 0.15) is 17.3 Å². The number of methoxy groups -OCH3 is 2. The lowest BCUT2D eigenvalue weighted by molar-refractivity contribution is -0.152. The number of ether oxygens (including phenoxy) is 3. The Kier molecular flexibility index (Phi) is 5.88. The van der Waals surface area contributed by atoms with Gasteiger partial charge in [-0.05, 0) is 42.7 Å². The lowest BCUT2D eigenvalue weighted by atomic mass is 9.79. The molecule has 1 fully saturated rings. The average molecular weight is 426 g/mol. The van der Waals surface area contributed by atoms with Crippen LogP contribution in [0.3, 0.4) is 0 Å². The Balaban J connectivity index is 1.49. The van der Waals surface area contributed by atoms with Crippen molar-refractivity contribution in [1.82, 2.24) is 10.1 Å². The van der Waals surface area contributed by atoms with Crippen LogP contribution in [-0.4, -0.2) is 30.3 Å². The van der Waals surface area contributed by atoms with Crippen molar-refractivity contribution in [2.45, 2.75) is 37.7 Å². The first-order valence-electron chi connectivity index (χ1n) is 10.0. The first kappa shape index (κ1) is 20.8. The molecule has 3 aromatic rings. The number of carbonyl (C=O) groups is 1. The van der Waals surface area contributed by atoms with E-state index in [2.05, 4.69) is 10.1 Å². The van der Waals surface area contributed by atoms with Crippen LogP contribution in [-0.2, 0) is 21.6 Å². The number of carbonyl (C=O) groups excluding carboxylic acids is 1. The summed E-state index contributed by atoms with van der Waals surface area (Å²) in [7, 11) is 3.11. The van der Waals surface area contributed by atoms with Gasteiger partial charge >= 0.3 is 5.97 Å². The van der Waals surface area contributed by atoms with Crippen molar-refractivity contribution >= 4 is 5.97 Å². The maximum atomic E-state index is 13.3. The molecule has 7 nitrogen and oxygen atoms in total. The van der Waals surface area contributed by atoms with E-state index >= 15 is 0 Å². The Labute approximate surface area is 179 Å². The number of hydrogen-bond acceptors (Lipinski definition) is 7. The summed E-state index contributed by atoms with van der Waals surface area (Å²) in [6.07, 6.45) is 3.15. The highest BCUT2D eigenvalue weighted by atomic mass is 19.1. The highest BCUT2D eigenvalue weighted by molar-refractivity contribution is 5.83. The van der Waals surface area contributed by atoms with Gasteiger partial charge in [0.25, 0.3) is 5.89 Å². The van der Waals surface area contributed by atoms with Crippen LogP contribution in [0.25, 0.3) is 11.4 Å². The minimum Gasteiger partial charge on any atom is -0.497 e. The summed E-state index contributed by atoms with van der Waals surface area (Å²) < 4.78 is 34.7. The van der Waals surface area contributed by atoms with Crippen molar-refractivity contribution in [1.29, 1.82) is 0 Å². The highest BCUT2D eigenvalue weighted by Gasteiger charge is 2.44. The Morgan fingerprint density at radius 2 is 1.84 bits per heavy atom. The number of nitrogens with zero attached hydrogens (tertiary/aromatic N) is 2. The maximum Gasteiger partial charge on any atom is 0.317 e. The molecule has 0 spiro atoms. The normalized spacial score (nSPS) is 14.9. The fourth-order valence-corrected chi connectivity index (χ4v) is 4.03. The summed E-state index contributed by atoms with van der Waals surface area (Å²) in [6, 6.07) is 11.3. The smallest absolute Gasteiger partial charge is 0.317 e. The lowest BCUT2D eigenvalue weighted by Gasteiger charge is -2.26. The summed E-state index contributed by atoms with van der Waals surface area (Å²) >= 11 is 0. The molecule has 0 saturated heterocycles. The summed E-state index contributed by atoms with van der Waals surface area (Å²) in [5.41, 5.74) is 0.629. The molecule has 0 atom stereocenters. The van der Waals surface area contributed by atoms with E-state index < -0.39 is 5.41 Å². The Morgan fingerprint density at radius 3 is 2.52 bits per heavy atom. The molecule has 4 rings (SSSR count). The first-order valence-corrected chi connectivity index (χ1v) is 10.0. The zero-order valence-corrected chi connectivity index (χ0v) is 17.4. The molecule has 8 heteroatoms. The molecule has 0 amide bonds. The van der Waals surface area contributed by atoms with Crippen LogP contribution in [0.5, 0.6) is 11.5 Å². The van der Waals surface area contributed by atoms with E-state index in [1.807, 2.05) is 0 Å². The molecular formula is C23H23FN2O5. The van der Waals surface area contributed by atoms with Gasteiger partial charge in [-0.1, -0.05) is 30.1 Å². The van der Waals surface area contributed by atoms with Crippen molar-refractivity contribution < 1.29 is 27.9 Å². The molecule has 1 heterocycles. The first-order chi connectivity index (χ1) is 15.1. The number of aromatic nitrogens is 2. The van der Waals surface area contributed by atoms with Crippen molar-refractivity contribution in [2.24, 2.45) is 0 Å². The predicted molar refractivity (Wildman–Crippen MR) is 109 cm³/mol. The average Bonchev–Trinajstić information content (AvgIpc) is 3.48. The molecule has 0 N–H and O–H groups in total. The van der Waals surface area contributed by atoms with E-state index in [0.29, 0.717) is 35.7 Å². The van der Waals surface area contributed by atoms with E-state index in [0.717, 1.165) is 18.4 Å². The minimum absolute atomic E-state index is 0.146. The molecule has 31 heavy (non-hydrogen) atoms. The fourth-order valence-electron chi connectivity index (χ4n) is 4.03. The number of esters is 1. The van der Waals surface area contributed by atoms with Gasteiger partial charge in [0.2, 0.25) is 5.82 Å². The third-order valence-electron chi connectivity index (χ3n) is 5.69. The SMILES string of the molecule is COc1ccc(-c2noc(COC(=O)C3(c4ccc(F)cc4)CCCC3)n2)c(OC)c1. The molecule has 0 radical (unpaired) electrons. The molecule has 0 unspecified atom stereocenters. The molecule has 1 aliphatic rings. The zero-order chi connectivity index (χ0) is 21.8. The van der Waals surface area contributed by atoms with Crippen molar-refractivity contribution in [3.05, 3.63) is 59.7 Å². The Hall–Kier alpha value is -3.42. The van der Waals surface area contributed by atoms with Crippen LogP contribution in [0.2, 0.25) is 0 Å². The number of benzene rings is 2. The van der Waals surface area contributed by atoms with Crippen LogP contribution >= 0.6 is 0 Å². The molecule has 1 aliphatic carbocycles. The van der Waals surface area contributed by atoms with E-state index in [9.17, 15) is 9.18 Å². The van der Waals surface area contributed by atoms with Gasteiger partial charge in [0.15, 0.2) is 6.61 Å². The minimum atomic E-state index is -0.768. The van der Waals surface area contributed by atoms with E-state index in [1.165, 1.54) is 19.2 Å². The number of hydrogen-bond donors (Lipinski definition) is 0. The van der Waals surface area contributed by atoms with Crippen LogP contribution in [0.4, 0.5) is 4.39 Å².